The van der Waals surface area contributed by atoms with Crippen molar-refractivity contribution in [2.24, 2.45) is 0 Å². The van der Waals surface area contributed by atoms with Gasteiger partial charge in [-0.1, -0.05) is 0 Å². The molecule has 104 valence electrons. The summed E-state index contributed by atoms with van der Waals surface area (Å²) < 4.78 is 0. The molecule has 0 aromatic carbocycles. The number of nitrogens with one attached hydrogen (secondary N) is 4. The van der Waals surface area contributed by atoms with Gasteiger partial charge < -0.3 is 21.3 Å². The van der Waals surface area contributed by atoms with Crippen LogP contribution in [0.15, 0.2) is 0 Å². The molecule has 2 saturated heterocycles. The van der Waals surface area contributed by atoms with Crippen molar-refractivity contribution < 1.29 is 9.59 Å². The molecule has 2 heterocycles. The smallest absolute Gasteiger partial charge is 0.217 e. The standard InChI is InChI=1S/2C6H12N2O/c2*1-5(9)8-6-2-3-7-4-6/h2*6-7H,2-4H2,1H3,(H,8,9). The third-order valence-corrected chi connectivity index (χ3v) is 2.94. The first-order valence-corrected chi connectivity index (χ1v) is 6.53. The van der Waals surface area contributed by atoms with Gasteiger partial charge in [0.2, 0.25) is 11.8 Å². The van der Waals surface area contributed by atoms with E-state index in [1.807, 2.05) is 0 Å². The van der Waals surface area contributed by atoms with Gasteiger partial charge in [0.1, 0.15) is 0 Å². The highest BCUT2D eigenvalue weighted by molar-refractivity contribution is 5.73. The third kappa shape index (κ3) is 6.56. The van der Waals surface area contributed by atoms with Gasteiger partial charge in [0.15, 0.2) is 0 Å². The van der Waals surface area contributed by atoms with E-state index in [1.165, 1.54) is 0 Å². The minimum Gasteiger partial charge on any atom is -0.352 e. The maximum Gasteiger partial charge on any atom is 0.217 e. The lowest BCUT2D eigenvalue weighted by molar-refractivity contribution is -0.120. The van der Waals surface area contributed by atoms with Crippen molar-refractivity contribution in [3.05, 3.63) is 0 Å². The molecule has 2 aliphatic rings. The van der Waals surface area contributed by atoms with Crippen molar-refractivity contribution in [3.63, 3.8) is 0 Å². The van der Waals surface area contributed by atoms with Gasteiger partial charge in [-0.2, -0.15) is 0 Å². The lowest BCUT2D eigenvalue weighted by Gasteiger charge is -2.07. The van der Waals surface area contributed by atoms with Gasteiger partial charge in [-0.15, -0.1) is 0 Å². The zero-order valence-corrected chi connectivity index (χ0v) is 11.2. The molecule has 0 bridgehead atoms. The number of amides is 2. The first kappa shape index (κ1) is 14.9. The third-order valence-electron chi connectivity index (χ3n) is 2.94. The summed E-state index contributed by atoms with van der Waals surface area (Å²) in [5, 5.41) is 12.0. The topological polar surface area (TPSA) is 82.3 Å². The molecule has 6 nitrogen and oxygen atoms in total. The van der Waals surface area contributed by atoms with Gasteiger partial charge in [0.25, 0.3) is 0 Å². The Morgan fingerprint density at radius 2 is 1.28 bits per heavy atom. The van der Waals surface area contributed by atoms with Crippen LogP contribution in [0.2, 0.25) is 0 Å². The molecule has 2 atom stereocenters. The predicted octanol–water partition coefficient (Wildman–Crippen LogP) is -1.03. The first-order valence-electron chi connectivity index (χ1n) is 6.53. The Morgan fingerprint density at radius 3 is 1.50 bits per heavy atom. The van der Waals surface area contributed by atoms with E-state index >= 15 is 0 Å². The van der Waals surface area contributed by atoms with Crippen molar-refractivity contribution in [3.8, 4) is 0 Å². The molecule has 2 unspecified atom stereocenters. The second-order valence-corrected chi connectivity index (χ2v) is 4.78. The minimum absolute atomic E-state index is 0.0729. The number of carbonyl (C=O) groups excluding carboxylic acids is 2. The Labute approximate surface area is 108 Å². The Balaban J connectivity index is 0.000000180. The van der Waals surface area contributed by atoms with Gasteiger partial charge >= 0.3 is 0 Å². The second-order valence-electron chi connectivity index (χ2n) is 4.78. The highest BCUT2D eigenvalue weighted by atomic mass is 16.2. The van der Waals surface area contributed by atoms with E-state index in [0.29, 0.717) is 12.1 Å². The molecule has 6 heteroatoms. The fourth-order valence-corrected chi connectivity index (χ4v) is 2.13. The predicted molar refractivity (Wildman–Crippen MR) is 70.2 cm³/mol. The maximum atomic E-state index is 10.5. The molecule has 0 aromatic rings. The maximum absolute atomic E-state index is 10.5. The fraction of sp³-hybridized carbons (Fsp3) is 0.833. The van der Waals surface area contributed by atoms with Gasteiger partial charge in [-0.25, -0.2) is 0 Å². The number of hydrogen-bond acceptors (Lipinski definition) is 4. The molecule has 0 radical (unpaired) electrons. The molecule has 2 fully saturated rings. The highest BCUT2D eigenvalue weighted by Gasteiger charge is 2.14. The molecule has 0 spiro atoms. The Bertz CT molecular complexity index is 243. The Hall–Kier alpha value is -1.14. The zero-order chi connectivity index (χ0) is 13.4. The molecular weight excluding hydrogens is 232 g/mol. The van der Waals surface area contributed by atoms with Crippen molar-refractivity contribution in [2.45, 2.75) is 38.8 Å². The second kappa shape index (κ2) is 8.05. The molecule has 2 aliphatic heterocycles. The fourth-order valence-electron chi connectivity index (χ4n) is 2.13. The van der Waals surface area contributed by atoms with Crippen LogP contribution in [0.25, 0.3) is 0 Å². The Morgan fingerprint density at radius 1 is 0.889 bits per heavy atom. The summed E-state index contributed by atoms with van der Waals surface area (Å²) in [6.07, 6.45) is 2.14. The molecule has 18 heavy (non-hydrogen) atoms. The monoisotopic (exact) mass is 256 g/mol. The average molecular weight is 256 g/mol. The summed E-state index contributed by atoms with van der Waals surface area (Å²) in [6, 6.07) is 0.755. The van der Waals surface area contributed by atoms with Crippen LogP contribution in [0.4, 0.5) is 0 Å². The first-order chi connectivity index (χ1) is 8.58. The number of rotatable bonds is 2. The average Bonchev–Trinajstić information content (AvgIpc) is 2.90. The molecule has 0 saturated carbocycles. The molecule has 0 aliphatic carbocycles. The lowest BCUT2D eigenvalue weighted by atomic mass is 10.3. The van der Waals surface area contributed by atoms with Crippen LogP contribution < -0.4 is 21.3 Å². The van der Waals surface area contributed by atoms with Gasteiger partial charge in [0, 0.05) is 39.0 Å². The summed E-state index contributed by atoms with van der Waals surface area (Å²) in [7, 11) is 0. The summed E-state index contributed by atoms with van der Waals surface area (Å²) in [5.41, 5.74) is 0. The van der Waals surface area contributed by atoms with E-state index in [1.54, 1.807) is 13.8 Å². The van der Waals surface area contributed by atoms with Gasteiger partial charge in [0.05, 0.1) is 0 Å². The van der Waals surface area contributed by atoms with E-state index in [-0.39, 0.29) is 11.8 Å². The van der Waals surface area contributed by atoms with E-state index in [2.05, 4.69) is 21.3 Å². The molecule has 0 aromatic heterocycles. The van der Waals surface area contributed by atoms with Crippen molar-refractivity contribution in [1.82, 2.24) is 21.3 Å². The SMILES string of the molecule is CC(=O)NC1CCNC1.CC(=O)NC1CCNC1. The van der Waals surface area contributed by atoms with Crippen LogP contribution >= 0.6 is 0 Å². The zero-order valence-electron chi connectivity index (χ0n) is 11.2. The largest absolute Gasteiger partial charge is 0.352 e. The summed E-state index contributed by atoms with van der Waals surface area (Å²) >= 11 is 0. The molecule has 2 amide bonds. The molecule has 2 rings (SSSR count). The summed E-state index contributed by atoms with van der Waals surface area (Å²) in [5.74, 6) is 0.146. The van der Waals surface area contributed by atoms with E-state index in [0.717, 1.165) is 39.0 Å². The lowest BCUT2D eigenvalue weighted by Crippen LogP contribution is -2.34. The van der Waals surface area contributed by atoms with Crippen LogP contribution in [0.5, 0.6) is 0 Å². The summed E-state index contributed by atoms with van der Waals surface area (Å²) in [6.45, 7) is 7.03. The number of hydrogen-bond donors (Lipinski definition) is 4. The van der Waals surface area contributed by atoms with Crippen molar-refractivity contribution in [2.75, 3.05) is 26.2 Å². The van der Waals surface area contributed by atoms with Crippen molar-refractivity contribution >= 4 is 11.8 Å². The van der Waals surface area contributed by atoms with Crippen molar-refractivity contribution in [1.29, 1.82) is 0 Å². The van der Waals surface area contributed by atoms with Crippen LogP contribution in [-0.4, -0.2) is 50.1 Å². The summed E-state index contributed by atoms with van der Waals surface area (Å²) in [4.78, 5) is 20.9. The van der Waals surface area contributed by atoms with Crippen LogP contribution in [-0.2, 0) is 9.59 Å². The normalized spacial score (nSPS) is 26.1. The van der Waals surface area contributed by atoms with E-state index in [4.69, 9.17) is 0 Å². The van der Waals surface area contributed by atoms with Crippen LogP contribution in [0, 0.1) is 0 Å². The molecular formula is C12H24N4O2. The van der Waals surface area contributed by atoms with Crippen LogP contribution in [0.1, 0.15) is 26.7 Å². The van der Waals surface area contributed by atoms with E-state index < -0.39 is 0 Å². The van der Waals surface area contributed by atoms with Gasteiger partial charge in [-0.3, -0.25) is 9.59 Å². The quantitative estimate of drug-likeness (QED) is 0.509. The minimum atomic E-state index is 0.0729. The number of carbonyl (C=O) groups is 2. The molecule has 4 N–H and O–H groups in total. The van der Waals surface area contributed by atoms with Gasteiger partial charge in [-0.05, 0) is 25.9 Å². The van der Waals surface area contributed by atoms with Crippen LogP contribution in [0.3, 0.4) is 0 Å². The highest BCUT2D eigenvalue weighted by Crippen LogP contribution is 1.96. The van der Waals surface area contributed by atoms with E-state index in [9.17, 15) is 9.59 Å². The Kier molecular flexibility index (Phi) is 6.67.